The maximum Gasteiger partial charge on any atom is 0.171 e. The van der Waals surface area contributed by atoms with E-state index in [1.807, 2.05) is 60.7 Å². The number of rotatable bonds is 4. The maximum absolute atomic E-state index is 9.44. The van der Waals surface area contributed by atoms with Gasteiger partial charge in [0, 0.05) is 5.69 Å². The SMILES string of the molecule is OCC(NC(=S)Nc1ccccc1)c1ccccc1. The Labute approximate surface area is 118 Å². The van der Waals surface area contributed by atoms with E-state index in [9.17, 15) is 5.11 Å². The summed E-state index contributed by atoms with van der Waals surface area (Å²) in [6.45, 7) is -0.0133. The zero-order valence-electron chi connectivity index (χ0n) is 10.4. The van der Waals surface area contributed by atoms with Crippen LogP contribution in [0.4, 0.5) is 5.69 Å². The van der Waals surface area contributed by atoms with Crippen molar-refractivity contribution in [3.05, 3.63) is 66.2 Å². The standard InChI is InChI=1S/C15H16N2OS/c18-11-14(12-7-3-1-4-8-12)17-15(19)16-13-9-5-2-6-10-13/h1-10,14,18H,11H2,(H2,16,17,19). The molecule has 2 rings (SSSR count). The average Bonchev–Trinajstić information content (AvgIpc) is 2.47. The van der Waals surface area contributed by atoms with Crippen LogP contribution in [-0.2, 0) is 0 Å². The van der Waals surface area contributed by atoms with Gasteiger partial charge in [0.1, 0.15) is 0 Å². The number of thiocarbonyl (C=S) groups is 1. The quantitative estimate of drug-likeness (QED) is 0.749. The topological polar surface area (TPSA) is 44.3 Å². The first kappa shape index (κ1) is 13.5. The Kier molecular flexibility index (Phi) is 4.89. The van der Waals surface area contributed by atoms with E-state index in [0.29, 0.717) is 5.11 Å². The molecule has 0 fully saturated rings. The molecular weight excluding hydrogens is 256 g/mol. The lowest BCUT2D eigenvalue weighted by Gasteiger charge is -2.19. The molecule has 4 heteroatoms. The van der Waals surface area contributed by atoms with Gasteiger partial charge in [-0.3, -0.25) is 0 Å². The van der Waals surface area contributed by atoms with Gasteiger partial charge in [-0.15, -0.1) is 0 Å². The molecule has 0 heterocycles. The van der Waals surface area contributed by atoms with Crippen LogP contribution < -0.4 is 10.6 Å². The molecule has 1 atom stereocenters. The lowest BCUT2D eigenvalue weighted by molar-refractivity contribution is 0.258. The van der Waals surface area contributed by atoms with Crippen LogP contribution in [0.15, 0.2) is 60.7 Å². The van der Waals surface area contributed by atoms with Gasteiger partial charge in [-0.25, -0.2) is 0 Å². The number of benzene rings is 2. The van der Waals surface area contributed by atoms with Crippen LogP contribution in [0, 0.1) is 0 Å². The average molecular weight is 272 g/mol. The minimum atomic E-state index is -0.204. The fraction of sp³-hybridized carbons (Fsp3) is 0.133. The van der Waals surface area contributed by atoms with Crippen LogP contribution in [0.25, 0.3) is 0 Å². The molecule has 0 aromatic heterocycles. The third-order valence-corrected chi connectivity index (χ3v) is 2.94. The van der Waals surface area contributed by atoms with Crippen LogP contribution in [0.2, 0.25) is 0 Å². The summed E-state index contributed by atoms with van der Waals surface area (Å²) >= 11 is 5.25. The van der Waals surface area contributed by atoms with Crippen molar-refractivity contribution in [1.29, 1.82) is 0 Å². The van der Waals surface area contributed by atoms with Crippen molar-refractivity contribution in [2.24, 2.45) is 0 Å². The molecule has 0 saturated heterocycles. The van der Waals surface area contributed by atoms with E-state index in [4.69, 9.17) is 12.2 Å². The minimum absolute atomic E-state index is 0.0133. The number of hydrogen-bond acceptors (Lipinski definition) is 2. The van der Waals surface area contributed by atoms with Gasteiger partial charge in [-0.2, -0.15) is 0 Å². The molecule has 3 nitrogen and oxygen atoms in total. The second-order valence-corrected chi connectivity index (χ2v) is 4.52. The number of aliphatic hydroxyl groups excluding tert-OH is 1. The predicted molar refractivity (Wildman–Crippen MR) is 82.1 cm³/mol. The predicted octanol–water partition coefficient (Wildman–Crippen LogP) is 2.71. The van der Waals surface area contributed by atoms with Crippen molar-refractivity contribution >= 4 is 23.0 Å². The highest BCUT2D eigenvalue weighted by Gasteiger charge is 2.10. The first-order valence-electron chi connectivity index (χ1n) is 6.08. The molecule has 19 heavy (non-hydrogen) atoms. The monoisotopic (exact) mass is 272 g/mol. The molecule has 2 aromatic carbocycles. The van der Waals surface area contributed by atoms with Crippen LogP contribution in [0.1, 0.15) is 11.6 Å². The second-order valence-electron chi connectivity index (χ2n) is 4.11. The lowest BCUT2D eigenvalue weighted by Crippen LogP contribution is -2.34. The van der Waals surface area contributed by atoms with Crippen molar-refractivity contribution < 1.29 is 5.11 Å². The summed E-state index contributed by atoms with van der Waals surface area (Å²) in [6, 6.07) is 19.2. The van der Waals surface area contributed by atoms with Gasteiger partial charge < -0.3 is 15.7 Å². The highest BCUT2D eigenvalue weighted by Crippen LogP contribution is 2.12. The van der Waals surface area contributed by atoms with Crippen LogP contribution >= 0.6 is 12.2 Å². The van der Waals surface area contributed by atoms with Gasteiger partial charge in [0.05, 0.1) is 12.6 Å². The van der Waals surface area contributed by atoms with E-state index in [1.165, 1.54) is 0 Å². The summed E-state index contributed by atoms with van der Waals surface area (Å²) in [4.78, 5) is 0. The Balaban J connectivity index is 1.97. The smallest absolute Gasteiger partial charge is 0.171 e. The lowest BCUT2D eigenvalue weighted by atomic mass is 10.1. The third kappa shape index (κ3) is 4.05. The van der Waals surface area contributed by atoms with Gasteiger partial charge >= 0.3 is 0 Å². The first-order chi connectivity index (χ1) is 9.29. The summed E-state index contributed by atoms with van der Waals surface area (Å²) in [5.74, 6) is 0. The Bertz CT molecular complexity index is 516. The highest BCUT2D eigenvalue weighted by atomic mass is 32.1. The molecule has 0 saturated carbocycles. The van der Waals surface area contributed by atoms with Gasteiger partial charge in [0.2, 0.25) is 0 Å². The Morgan fingerprint density at radius 3 is 2.16 bits per heavy atom. The number of aliphatic hydroxyl groups is 1. The number of para-hydroxylation sites is 1. The van der Waals surface area contributed by atoms with Crippen molar-refractivity contribution in [2.75, 3.05) is 11.9 Å². The molecule has 0 amide bonds. The van der Waals surface area contributed by atoms with Crippen molar-refractivity contribution in [2.45, 2.75) is 6.04 Å². The number of hydrogen-bond donors (Lipinski definition) is 3. The van der Waals surface area contributed by atoms with E-state index in [0.717, 1.165) is 11.3 Å². The molecule has 2 aromatic rings. The molecule has 1 unspecified atom stereocenters. The van der Waals surface area contributed by atoms with Gasteiger partial charge in [-0.1, -0.05) is 48.5 Å². The number of nitrogens with one attached hydrogen (secondary N) is 2. The second kappa shape index (κ2) is 6.87. The van der Waals surface area contributed by atoms with E-state index in [-0.39, 0.29) is 12.6 Å². The Morgan fingerprint density at radius 1 is 1.00 bits per heavy atom. The zero-order valence-corrected chi connectivity index (χ0v) is 11.2. The summed E-state index contributed by atoms with van der Waals surface area (Å²) in [5, 5.41) is 16.1. The van der Waals surface area contributed by atoms with Crippen LogP contribution in [-0.4, -0.2) is 16.8 Å². The molecular formula is C15H16N2OS. The van der Waals surface area contributed by atoms with Gasteiger partial charge in [0.15, 0.2) is 5.11 Å². The van der Waals surface area contributed by atoms with E-state index in [2.05, 4.69) is 10.6 Å². The van der Waals surface area contributed by atoms with Gasteiger partial charge in [0.25, 0.3) is 0 Å². The summed E-state index contributed by atoms with van der Waals surface area (Å²) in [6.07, 6.45) is 0. The normalized spacial score (nSPS) is 11.6. The molecule has 0 radical (unpaired) electrons. The van der Waals surface area contributed by atoms with E-state index in [1.54, 1.807) is 0 Å². The maximum atomic E-state index is 9.44. The first-order valence-corrected chi connectivity index (χ1v) is 6.49. The van der Waals surface area contributed by atoms with E-state index < -0.39 is 0 Å². The van der Waals surface area contributed by atoms with Crippen LogP contribution in [0.5, 0.6) is 0 Å². The Morgan fingerprint density at radius 2 is 1.58 bits per heavy atom. The van der Waals surface area contributed by atoms with Gasteiger partial charge in [-0.05, 0) is 29.9 Å². The number of anilines is 1. The minimum Gasteiger partial charge on any atom is -0.394 e. The molecule has 0 aliphatic rings. The highest BCUT2D eigenvalue weighted by molar-refractivity contribution is 7.80. The van der Waals surface area contributed by atoms with Crippen LogP contribution in [0.3, 0.4) is 0 Å². The summed E-state index contributed by atoms with van der Waals surface area (Å²) < 4.78 is 0. The molecule has 0 bridgehead atoms. The largest absolute Gasteiger partial charge is 0.394 e. The zero-order chi connectivity index (χ0) is 13.5. The summed E-state index contributed by atoms with van der Waals surface area (Å²) in [7, 11) is 0. The molecule has 3 N–H and O–H groups in total. The van der Waals surface area contributed by atoms with E-state index >= 15 is 0 Å². The summed E-state index contributed by atoms with van der Waals surface area (Å²) in [5.41, 5.74) is 1.92. The molecule has 0 aliphatic carbocycles. The molecule has 98 valence electrons. The fourth-order valence-electron chi connectivity index (χ4n) is 1.77. The third-order valence-electron chi connectivity index (χ3n) is 2.72. The molecule has 0 spiro atoms. The molecule has 0 aliphatic heterocycles. The van der Waals surface area contributed by atoms with Crippen molar-refractivity contribution in [3.63, 3.8) is 0 Å². The Hall–Kier alpha value is -1.91. The van der Waals surface area contributed by atoms with Crippen molar-refractivity contribution in [1.82, 2.24) is 5.32 Å². The van der Waals surface area contributed by atoms with Crippen molar-refractivity contribution in [3.8, 4) is 0 Å². The fourth-order valence-corrected chi connectivity index (χ4v) is 2.03.